The van der Waals surface area contributed by atoms with Gasteiger partial charge in [-0.05, 0) is 31.2 Å². The first-order chi connectivity index (χ1) is 15.0. The Kier molecular flexibility index (Phi) is 5.79. The smallest absolute Gasteiger partial charge is 0.306 e. The van der Waals surface area contributed by atoms with Crippen LogP contribution in [0.15, 0.2) is 63.8 Å². The summed E-state index contributed by atoms with van der Waals surface area (Å²) in [6.45, 7) is 1.39. The first kappa shape index (κ1) is 20.3. The van der Waals surface area contributed by atoms with E-state index in [0.717, 1.165) is 11.0 Å². The second-order valence-electron chi connectivity index (χ2n) is 7.17. The highest BCUT2D eigenvalue weighted by molar-refractivity contribution is 5.82. The number of furan rings is 1. The number of H-pyrrole nitrogens is 1. The number of hydrogen-bond acceptors (Lipinski definition) is 6. The molecule has 0 saturated carbocycles. The molecule has 0 aliphatic carbocycles. The van der Waals surface area contributed by atoms with Gasteiger partial charge in [-0.15, -0.1) is 0 Å². The number of aromatic amines is 1. The van der Waals surface area contributed by atoms with E-state index in [1.165, 1.54) is 0 Å². The zero-order valence-electron chi connectivity index (χ0n) is 16.9. The summed E-state index contributed by atoms with van der Waals surface area (Å²) in [7, 11) is 0. The Bertz CT molecular complexity index is 1270. The first-order valence-corrected chi connectivity index (χ1v) is 9.91. The molecule has 2 N–H and O–H groups in total. The third-order valence-corrected chi connectivity index (χ3v) is 4.84. The highest BCUT2D eigenvalue weighted by atomic mass is 16.5. The fourth-order valence-electron chi connectivity index (χ4n) is 3.26. The molecule has 2 aromatic heterocycles. The zero-order valence-corrected chi connectivity index (χ0v) is 16.9. The van der Waals surface area contributed by atoms with Gasteiger partial charge in [0.25, 0.3) is 11.5 Å². The van der Waals surface area contributed by atoms with Crippen LogP contribution in [-0.2, 0) is 20.7 Å². The predicted octanol–water partition coefficient (Wildman–Crippen LogP) is 3.02. The molecule has 0 aliphatic rings. The molecule has 4 rings (SSSR count). The van der Waals surface area contributed by atoms with Crippen molar-refractivity contribution >= 4 is 33.7 Å². The van der Waals surface area contributed by atoms with Crippen LogP contribution in [0.2, 0.25) is 0 Å². The summed E-state index contributed by atoms with van der Waals surface area (Å²) < 4.78 is 10.8. The Hall–Kier alpha value is -3.94. The predicted molar refractivity (Wildman–Crippen MR) is 114 cm³/mol. The number of esters is 1. The molecule has 0 aliphatic heterocycles. The second-order valence-corrected chi connectivity index (χ2v) is 7.17. The van der Waals surface area contributed by atoms with E-state index in [9.17, 15) is 14.4 Å². The maximum atomic E-state index is 12.1. The summed E-state index contributed by atoms with van der Waals surface area (Å²) in [6, 6.07) is 16.0. The van der Waals surface area contributed by atoms with E-state index in [-0.39, 0.29) is 24.4 Å². The minimum atomic E-state index is -0.553. The number of benzene rings is 2. The minimum absolute atomic E-state index is 0.00626. The Morgan fingerprint density at radius 2 is 1.94 bits per heavy atom. The molecule has 31 heavy (non-hydrogen) atoms. The molecule has 0 spiro atoms. The summed E-state index contributed by atoms with van der Waals surface area (Å²) in [5.74, 6) is 0.0247. The van der Waals surface area contributed by atoms with Gasteiger partial charge in [0.2, 0.25) is 0 Å². The average molecular weight is 419 g/mol. The summed E-state index contributed by atoms with van der Waals surface area (Å²) in [4.78, 5) is 43.2. The van der Waals surface area contributed by atoms with Crippen molar-refractivity contribution in [2.75, 3.05) is 6.61 Å². The van der Waals surface area contributed by atoms with Gasteiger partial charge in [0.05, 0.1) is 23.4 Å². The van der Waals surface area contributed by atoms with E-state index in [1.54, 1.807) is 31.2 Å². The van der Waals surface area contributed by atoms with E-state index < -0.39 is 18.5 Å². The van der Waals surface area contributed by atoms with Gasteiger partial charge in [-0.3, -0.25) is 14.4 Å². The first-order valence-electron chi connectivity index (χ1n) is 9.91. The Morgan fingerprint density at radius 1 is 1.16 bits per heavy atom. The third kappa shape index (κ3) is 4.80. The molecule has 8 heteroatoms. The third-order valence-electron chi connectivity index (χ3n) is 4.84. The number of carbonyl (C=O) groups excluding carboxylic acids is 2. The Balaban J connectivity index is 1.26. The number of amides is 1. The van der Waals surface area contributed by atoms with Crippen LogP contribution in [0.1, 0.15) is 31.0 Å². The van der Waals surface area contributed by atoms with E-state index in [0.29, 0.717) is 22.5 Å². The molecular weight excluding hydrogens is 398 g/mol. The molecule has 0 radical (unpaired) electrons. The lowest BCUT2D eigenvalue weighted by atomic mass is 10.2. The SMILES string of the molecule is C[C@@H](NC(=O)COC(=O)CCc1nc2ccccc2c(=O)[nH]1)c1cc2ccccc2o1. The van der Waals surface area contributed by atoms with Gasteiger partial charge in [0, 0.05) is 11.8 Å². The molecule has 0 bridgehead atoms. The molecule has 0 saturated heterocycles. The van der Waals surface area contributed by atoms with Crippen LogP contribution in [0.3, 0.4) is 0 Å². The second kappa shape index (κ2) is 8.83. The lowest BCUT2D eigenvalue weighted by molar-refractivity contribution is -0.148. The molecule has 8 nitrogen and oxygen atoms in total. The van der Waals surface area contributed by atoms with Gasteiger partial charge in [-0.25, -0.2) is 4.98 Å². The van der Waals surface area contributed by atoms with Crippen molar-refractivity contribution in [3.63, 3.8) is 0 Å². The number of rotatable bonds is 7. The highest BCUT2D eigenvalue weighted by Crippen LogP contribution is 2.23. The fraction of sp³-hybridized carbons (Fsp3) is 0.217. The lowest BCUT2D eigenvalue weighted by Gasteiger charge is -2.11. The summed E-state index contributed by atoms with van der Waals surface area (Å²) in [5.41, 5.74) is 1.05. The molecule has 1 amide bonds. The topological polar surface area (TPSA) is 114 Å². The fourth-order valence-corrected chi connectivity index (χ4v) is 3.26. The average Bonchev–Trinajstić information content (AvgIpc) is 3.21. The monoisotopic (exact) mass is 419 g/mol. The lowest BCUT2D eigenvalue weighted by Crippen LogP contribution is -2.31. The van der Waals surface area contributed by atoms with E-state index in [2.05, 4.69) is 15.3 Å². The summed E-state index contributed by atoms with van der Waals surface area (Å²) in [6.07, 6.45) is 0.198. The summed E-state index contributed by atoms with van der Waals surface area (Å²) >= 11 is 0. The van der Waals surface area contributed by atoms with Gasteiger partial charge in [-0.2, -0.15) is 0 Å². The van der Waals surface area contributed by atoms with Gasteiger partial charge >= 0.3 is 5.97 Å². The van der Waals surface area contributed by atoms with Gasteiger partial charge in [0.15, 0.2) is 6.61 Å². The van der Waals surface area contributed by atoms with Crippen molar-refractivity contribution in [2.45, 2.75) is 25.8 Å². The van der Waals surface area contributed by atoms with Gasteiger partial charge in [-0.1, -0.05) is 30.3 Å². The molecule has 1 atom stereocenters. The standard InChI is InChI=1S/C23H21N3O5/c1-14(19-12-15-6-2-5-9-18(15)31-19)24-21(27)13-30-22(28)11-10-20-25-17-8-4-3-7-16(17)23(29)26-20/h2-9,12,14H,10-11,13H2,1H3,(H,24,27)(H,25,26,29)/t14-/m1/s1. The molecule has 158 valence electrons. The number of para-hydroxylation sites is 2. The van der Waals surface area contributed by atoms with Crippen LogP contribution in [0, 0.1) is 0 Å². The maximum absolute atomic E-state index is 12.1. The largest absolute Gasteiger partial charge is 0.459 e. The van der Waals surface area contributed by atoms with Gasteiger partial charge in [0.1, 0.15) is 17.2 Å². The van der Waals surface area contributed by atoms with E-state index >= 15 is 0 Å². The van der Waals surface area contributed by atoms with Crippen molar-refractivity contribution in [1.82, 2.24) is 15.3 Å². The molecule has 0 fully saturated rings. The molecule has 4 aromatic rings. The number of hydrogen-bond donors (Lipinski definition) is 2. The number of ether oxygens (including phenoxy) is 1. The Morgan fingerprint density at radius 3 is 2.77 bits per heavy atom. The van der Waals surface area contributed by atoms with Crippen LogP contribution in [0.4, 0.5) is 0 Å². The minimum Gasteiger partial charge on any atom is -0.459 e. The normalized spacial score (nSPS) is 12.0. The number of carbonyl (C=O) groups is 2. The summed E-state index contributed by atoms with van der Waals surface area (Å²) in [5, 5.41) is 4.18. The zero-order chi connectivity index (χ0) is 21.8. The van der Waals surface area contributed by atoms with Crippen molar-refractivity contribution in [3.05, 3.63) is 76.5 Å². The number of aryl methyl sites for hydroxylation is 1. The van der Waals surface area contributed by atoms with Crippen molar-refractivity contribution in [2.24, 2.45) is 0 Å². The number of aromatic nitrogens is 2. The number of fused-ring (bicyclic) bond motifs is 2. The number of nitrogens with one attached hydrogen (secondary N) is 2. The van der Waals surface area contributed by atoms with Crippen molar-refractivity contribution < 1.29 is 18.7 Å². The molecule has 0 unspecified atom stereocenters. The van der Waals surface area contributed by atoms with Crippen LogP contribution in [0.5, 0.6) is 0 Å². The molecule has 2 aromatic carbocycles. The van der Waals surface area contributed by atoms with Gasteiger partial charge < -0.3 is 19.5 Å². The van der Waals surface area contributed by atoms with E-state index in [4.69, 9.17) is 9.15 Å². The maximum Gasteiger partial charge on any atom is 0.306 e. The molecule has 2 heterocycles. The van der Waals surface area contributed by atoms with Crippen LogP contribution in [0.25, 0.3) is 21.9 Å². The molecular formula is C23H21N3O5. The van der Waals surface area contributed by atoms with Crippen LogP contribution < -0.4 is 10.9 Å². The van der Waals surface area contributed by atoms with Crippen molar-refractivity contribution in [1.29, 1.82) is 0 Å². The van der Waals surface area contributed by atoms with Crippen LogP contribution in [-0.4, -0.2) is 28.5 Å². The van der Waals surface area contributed by atoms with E-state index in [1.807, 2.05) is 30.3 Å². The highest BCUT2D eigenvalue weighted by Gasteiger charge is 2.16. The van der Waals surface area contributed by atoms with Crippen LogP contribution >= 0.6 is 0 Å². The quantitative estimate of drug-likeness (QED) is 0.445. The van der Waals surface area contributed by atoms with Crippen molar-refractivity contribution in [3.8, 4) is 0 Å². The number of nitrogens with zero attached hydrogens (tertiary/aromatic N) is 1. The Labute approximate surface area is 177 Å².